The molecule has 0 fully saturated rings. The van der Waals surface area contributed by atoms with E-state index in [1.54, 1.807) is 11.8 Å². The van der Waals surface area contributed by atoms with Crippen molar-refractivity contribution in [2.45, 2.75) is 46.1 Å². The van der Waals surface area contributed by atoms with Crippen LogP contribution in [-0.2, 0) is 14.3 Å². The molecule has 0 spiro atoms. The van der Waals surface area contributed by atoms with Gasteiger partial charge in [0.2, 0.25) is 11.9 Å². The number of hydrogen-bond acceptors (Lipinski definition) is 5. The number of nitrogens with zero attached hydrogens (tertiary/aromatic N) is 3. The normalized spacial score (nSPS) is 17.8. The Morgan fingerprint density at radius 1 is 1.00 bits per heavy atom. The number of fused-ring (bicyclic) bond motifs is 3. The summed E-state index contributed by atoms with van der Waals surface area (Å²) >= 11 is 0. The van der Waals surface area contributed by atoms with Crippen LogP contribution in [0, 0.1) is 5.92 Å². The first-order valence-corrected chi connectivity index (χ1v) is 11.8. The minimum absolute atomic E-state index is 0.214. The molecule has 33 heavy (non-hydrogen) atoms. The second-order valence-corrected chi connectivity index (χ2v) is 8.14. The van der Waals surface area contributed by atoms with E-state index in [1.807, 2.05) is 60.0 Å². The summed E-state index contributed by atoms with van der Waals surface area (Å²) in [6, 6.07) is 14.8. The Labute approximate surface area is 194 Å². The summed E-state index contributed by atoms with van der Waals surface area (Å²) in [6.45, 7) is 7.11. The van der Waals surface area contributed by atoms with Gasteiger partial charge in [-0.25, -0.2) is 4.98 Å². The Kier molecular flexibility index (Phi) is 6.96. The average Bonchev–Trinajstić information content (AvgIpc) is 3.20. The van der Waals surface area contributed by atoms with E-state index in [0.29, 0.717) is 19.1 Å². The summed E-state index contributed by atoms with van der Waals surface area (Å²) in [5, 5.41) is 0. The highest BCUT2D eigenvalue weighted by Gasteiger charge is 2.47. The third kappa shape index (κ3) is 4.32. The van der Waals surface area contributed by atoms with Crippen LogP contribution in [0.3, 0.4) is 0 Å². The van der Waals surface area contributed by atoms with Crippen molar-refractivity contribution in [3.05, 3.63) is 54.1 Å². The van der Waals surface area contributed by atoms with Crippen molar-refractivity contribution in [3.63, 3.8) is 0 Å². The molecule has 0 bridgehead atoms. The van der Waals surface area contributed by atoms with Crippen LogP contribution in [0.2, 0.25) is 0 Å². The molecule has 174 valence electrons. The van der Waals surface area contributed by atoms with Crippen LogP contribution >= 0.6 is 0 Å². The number of carbonyl (C=O) groups excluding carboxylic acids is 2. The van der Waals surface area contributed by atoms with Crippen molar-refractivity contribution in [3.8, 4) is 5.75 Å². The lowest BCUT2D eigenvalue weighted by Crippen LogP contribution is -2.50. The topological polar surface area (TPSA) is 73.7 Å². The van der Waals surface area contributed by atoms with Crippen LogP contribution < -0.4 is 9.64 Å². The number of carbonyl (C=O) groups is 2. The lowest BCUT2D eigenvalue weighted by atomic mass is 9.89. The van der Waals surface area contributed by atoms with E-state index in [9.17, 15) is 9.59 Å². The van der Waals surface area contributed by atoms with E-state index in [2.05, 4.69) is 6.92 Å². The molecule has 1 aliphatic rings. The van der Waals surface area contributed by atoms with Gasteiger partial charge in [-0.1, -0.05) is 44.0 Å². The Morgan fingerprint density at radius 3 is 2.45 bits per heavy atom. The molecule has 7 nitrogen and oxygen atoms in total. The highest BCUT2D eigenvalue weighted by Crippen LogP contribution is 2.41. The summed E-state index contributed by atoms with van der Waals surface area (Å²) in [5.74, 6) is -0.434. The molecule has 4 rings (SSSR count). The van der Waals surface area contributed by atoms with Crippen LogP contribution in [0.15, 0.2) is 48.5 Å². The molecule has 3 aromatic rings. The standard InChI is InChI=1S/C26H31N3O4/c1-4-7-10-17-28-24(30)22(25(31)33-6-3)23(18-13-15-19(16-14-18)32-5-2)29-21-12-9-8-11-20(21)27-26(28)29/h8-9,11-16,22-23H,4-7,10,17H2,1-3H3/t22-,23+/m1/s1. The van der Waals surface area contributed by atoms with Gasteiger partial charge in [-0.2, -0.15) is 0 Å². The van der Waals surface area contributed by atoms with Gasteiger partial charge in [0.25, 0.3) is 0 Å². The first-order valence-electron chi connectivity index (χ1n) is 11.8. The quantitative estimate of drug-likeness (QED) is 0.268. The maximum Gasteiger partial charge on any atom is 0.321 e. The van der Waals surface area contributed by atoms with Crippen molar-refractivity contribution < 1.29 is 19.1 Å². The van der Waals surface area contributed by atoms with Gasteiger partial charge in [0.05, 0.1) is 30.3 Å². The molecule has 0 N–H and O–H groups in total. The minimum atomic E-state index is -0.991. The van der Waals surface area contributed by atoms with E-state index in [4.69, 9.17) is 14.5 Å². The fraction of sp³-hybridized carbons (Fsp3) is 0.423. The number of imidazole rings is 1. The predicted octanol–water partition coefficient (Wildman–Crippen LogP) is 4.74. The largest absolute Gasteiger partial charge is 0.494 e. The van der Waals surface area contributed by atoms with E-state index in [1.165, 1.54) is 0 Å². The number of esters is 1. The van der Waals surface area contributed by atoms with Gasteiger partial charge in [0.15, 0.2) is 5.92 Å². The van der Waals surface area contributed by atoms with E-state index in [0.717, 1.165) is 41.6 Å². The van der Waals surface area contributed by atoms with Gasteiger partial charge in [-0.15, -0.1) is 0 Å². The highest BCUT2D eigenvalue weighted by molar-refractivity contribution is 6.08. The third-order valence-corrected chi connectivity index (χ3v) is 6.00. The first-order chi connectivity index (χ1) is 16.1. The third-order valence-electron chi connectivity index (χ3n) is 6.00. The monoisotopic (exact) mass is 449 g/mol. The fourth-order valence-corrected chi connectivity index (χ4v) is 4.51. The maximum absolute atomic E-state index is 13.8. The number of rotatable bonds is 9. The average molecular weight is 450 g/mol. The number of unbranched alkanes of at least 4 members (excludes halogenated alkanes) is 2. The number of para-hydroxylation sites is 2. The number of benzene rings is 2. The summed E-state index contributed by atoms with van der Waals surface area (Å²) < 4.78 is 13.0. The first kappa shape index (κ1) is 22.8. The summed E-state index contributed by atoms with van der Waals surface area (Å²) in [7, 11) is 0. The predicted molar refractivity (Wildman–Crippen MR) is 127 cm³/mol. The van der Waals surface area contributed by atoms with Crippen molar-refractivity contribution >= 4 is 28.9 Å². The SMILES string of the molecule is CCCCCN1C(=O)[C@H](C(=O)OCC)[C@H](c2ccc(OCC)cc2)n2c1nc1ccccc12. The molecule has 1 aliphatic heterocycles. The Balaban J connectivity index is 1.89. The van der Waals surface area contributed by atoms with Crippen LogP contribution in [-0.4, -0.2) is 41.2 Å². The smallest absolute Gasteiger partial charge is 0.321 e. The molecule has 0 aliphatic carbocycles. The second kappa shape index (κ2) is 10.1. The van der Waals surface area contributed by atoms with Gasteiger partial charge in [0.1, 0.15) is 5.75 Å². The maximum atomic E-state index is 13.8. The molecule has 1 aromatic heterocycles. The molecule has 2 heterocycles. The van der Waals surface area contributed by atoms with Gasteiger partial charge >= 0.3 is 5.97 Å². The van der Waals surface area contributed by atoms with Crippen LogP contribution in [0.5, 0.6) is 5.75 Å². The van der Waals surface area contributed by atoms with Crippen molar-refractivity contribution in [2.24, 2.45) is 5.92 Å². The molecule has 2 aromatic carbocycles. The van der Waals surface area contributed by atoms with Gasteiger partial charge in [-0.05, 0) is 50.1 Å². The van der Waals surface area contributed by atoms with E-state index < -0.39 is 17.9 Å². The minimum Gasteiger partial charge on any atom is -0.494 e. The second-order valence-electron chi connectivity index (χ2n) is 8.14. The lowest BCUT2D eigenvalue weighted by molar-refractivity contribution is -0.153. The number of aromatic nitrogens is 2. The van der Waals surface area contributed by atoms with Crippen molar-refractivity contribution in [1.82, 2.24) is 9.55 Å². The molecule has 0 saturated carbocycles. The van der Waals surface area contributed by atoms with Crippen LogP contribution in [0.1, 0.15) is 51.6 Å². The van der Waals surface area contributed by atoms with Gasteiger partial charge in [0, 0.05) is 6.54 Å². The Bertz CT molecular complexity index is 1120. The summed E-state index contributed by atoms with van der Waals surface area (Å²) in [5.41, 5.74) is 2.51. The zero-order valence-corrected chi connectivity index (χ0v) is 19.5. The Morgan fingerprint density at radius 2 is 1.76 bits per heavy atom. The van der Waals surface area contributed by atoms with E-state index >= 15 is 0 Å². The molecule has 2 atom stereocenters. The van der Waals surface area contributed by atoms with Crippen LogP contribution in [0.25, 0.3) is 11.0 Å². The molecule has 0 unspecified atom stereocenters. The molecule has 0 radical (unpaired) electrons. The molecule has 7 heteroatoms. The number of ether oxygens (including phenoxy) is 2. The lowest BCUT2D eigenvalue weighted by Gasteiger charge is -2.38. The zero-order chi connectivity index (χ0) is 23.4. The number of amides is 1. The summed E-state index contributed by atoms with van der Waals surface area (Å²) in [4.78, 5) is 33.4. The Hall–Kier alpha value is -3.35. The number of anilines is 1. The molecule has 0 saturated heterocycles. The zero-order valence-electron chi connectivity index (χ0n) is 19.5. The van der Waals surface area contributed by atoms with Gasteiger partial charge in [-0.3, -0.25) is 14.5 Å². The molecular formula is C26H31N3O4. The number of hydrogen-bond donors (Lipinski definition) is 0. The van der Waals surface area contributed by atoms with Gasteiger partial charge < -0.3 is 14.0 Å². The fourth-order valence-electron chi connectivity index (χ4n) is 4.51. The molecule has 1 amide bonds. The van der Waals surface area contributed by atoms with Crippen LogP contribution in [0.4, 0.5) is 5.95 Å². The van der Waals surface area contributed by atoms with E-state index in [-0.39, 0.29) is 12.5 Å². The van der Waals surface area contributed by atoms with Crippen molar-refractivity contribution in [2.75, 3.05) is 24.7 Å². The highest BCUT2D eigenvalue weighted by atomic mass is 16.5. The summed E-state index contributed by atoms with van der Waals surface area (Å²) in [6.07, 6.45) is 2.87. The van der Waals surface area contributed by atoms with Crippen molar-refractivity contribution in [1.29, 1.82) is 0 Å². The molecular weight excluding hydrogens is 418 g/mol.